The first-order valence-corrected chi connectivity index (χ1v) is 10.2. The van der Waals surface area contributed by atoms with Crippen LogP contribution in [0.15, 0.2) is 54.7 Å². The van der Waals surface area contributed by atoms with E-state index in [1.807, 2.05) is 48.5 Å². The molecule has 1 saturated heterocycles. The number of carbonyl (C=O) groups is 1. The molecule has 0 radical (unpaired) electrons. The van der Waals surface area contributed by atoms with Gasteiger partial charge in [-0.15, -0.1) is 0 Å². The van der Waals surface area contributed by atoms with Gasteiger partial charge in [0.25, 0.3) is 0 Å². The molecular formula is C23H25N3O5. The molecule has 0 aliphatic carbocycles. The lowest BCUT2D eigenvalue weighted by molar-refractivity contribution is 0.0317. The van der Waals surface area contributed by atoms with Crippen molar-refractivity contribution in [3.05, 3.63) is 65.9 Å². The summed E-state index contributed by atoms with van der Waals surface area (Å²) in [5.74, 6) is -0.870. The Morgan fingerprint density at radius 1 is 1.10 bits per heavy atom. The van der Waals surface area contributed by atoms with Gasteiger partial charge in [-0.05, 0) is 28.8 Å². The van der Waals surface area contributed by atoms with Crippen LogP contribution in [-0.4, -0.2) is 70.3 Å². The van der Waals surface area contributed by atoms with E-state index in [4.69, 9.17) is 9.47 Å². The molecule has 1 aliphatic rings. The van der Waals surface area contributed by atoms with E-state index in [0.717, 1.165) is 29.8 Å². The molecular weight excluding hydrogens is 398 g/mol. The van der Waals surface area contributed by atoms with E-state index in [1.165, 1.54) is 10.9 Å². The highest BCUT2D eigenvalue weighted by Crippen LogP contribution is 2.27. The Morgan fingerprint density at radius 2 is 1.84 bits per heavy atom. The molecule has 0 unspecified atom stereocenters. The zero-order valence-electron chi connectivity index (χ0n) is 17.1. The largest absolute Gasteiger partial charge is 0.477 e. The van der Waals surface area contributed by atoms with Crippen LogP contribution in [0.3, 0.4) is 0 Å². The van der Waals surface area contributed by atoms with Crippen LogP contribution in [0.1, 0.15) is 15.9 Å². The molecule has 0 amide bonds. The third-order valence-corrected chi connectivity index (χ3v) is 5.32. The summed E-state index contributed by atoms with van der Waals surface area (Å²) in [6.45, 7) is 4.07. The Labute approximate surface area is 180 Å². The van der Waals surface area contributed by atoms with Crippen LogP contribution in [0, 0.1) is 0 Å². The van der Waals surface area contributed by atoms with E-state index in [1.54, 1.807) is 0 Å². The highest BCUT2D eigenvalue weighted by molar-refractivity contribution is 5.90. The van der Waals surface area contributed by atoms with Crippen molar-refractivity contribution in [2.75, 3.05) is 39.5 Å². The van der Waals surface area contributed by atoms with Crippen molar-refractivity contribution < 1.29 is 24.5 Å². The lowest BCUT2D eigenvalue weighted by Crippen LogP contribution is -2.38. The number of carboxylic acid groups (broad SMARTS) is 1. The monoisotopic (exact) mass is 423 g/mol. The Morgan fingerprint density at radius 3 is 2.55 bits per heavy atom. The topological polar surface area (TPSA) is 97.0 Å². The van der Waals surface area contributed by atoms with Crippen molar-refractivity contribution in [3.8, 4) is 22.7 Å². The molecule has 1 fully saturated rings. The Hall–Kier alpha value is -3.20. The summed E-state index contributed by atoms with van der Waals surface area (Å²) in [5, 5.41) is 23.4. The first kappa shape index (κ1) is 21.0. The predicted octanol–water partition coefficient (Wildman–Crippen LogP) is 2.44. The van der Waals surface area contributed by atoms with Gasteiger partial charge in [-0.1, -0.05) is 36.4 Å². The SMILES string of the molecule is O=C(O)c1cnn(-c2ccc(-c3ccccc3CO)cc2)c1OCCN1CCOCC1. The Bertz CT molecular complexity index is 1030. The van der Waals surface area contributed by atoms with E-state index in [0.29, 0.717) is 32.1 Å². The van der Waals surface area contributed by atoms with Crippen LogP contribution in [0.4, 0.5) is 0 Å². The molecule has 0 bridgehead atoms. The number of hydrogen-bond donors (Lipinski definition) is 2. The lowest BCUT2D eigenvalue weighted by atomic mass is 10.00. The maximum absolute atomic E-state index is 11.7. The molecule has 1 aromatic heterocycles. The number of ether oxygens (including phenoxy) is 2. The van der Waals surface area contributed by atoms with E-state index >= 15 is 0 Å². The third kappa shape index (κ3) is 4.77. The summed E-state index contributed by atoms with van der Waals surface area (Å²) >= 11 is 0. The van der Waals surface area contributed by atoms with Gasteiger partial charge in [0.1, 0.15) is 12.2 Å². The second-order valence-corrected chi connectivity index (χ2v) is 7.24. The number of morpholine rings is 1. The minimum absolute atomic E-state index is 0.0247. The smallest absolute Gasteiger partial charge is 0.342 e. The highest BCUT2D eigenvalue weighted by atomic mass is 16.5. The van der Waals surface area contributed by atoms with Crippen LogP contribution < -0.4 is 4.74 Å². The third-order valence-electron chi connectivity index (χ3n) is 5.32. The first-order chi connectivity index (χ1) is 15.2. The van der Waals surface area contributed by atoms with Gasteiger partial charge in [-0.2, -0.15) is 5.10 Å². The average Bonchev–Trinajstić information content (AvgIpc) is 3.24. The number of hydrogen-bond acceptors (Lipinski definition) is 6. The molecule has 2 aromatic carbocycles. The van der Waals surface area contributed by atoms with Crippen molar-refractivity contribution in [2.45, 2.75) is 6.61 Å². The molecule has 2 heterocycles. The molecule has 4 rings (SSSR count). The summed E-state index contributed by atoms with van der Waals surface area (Å²) in [6, 6.07) is 15.2. The molecule has 8 heteroatoms. The summed E-state index contributed by atoms with van der Waals surface area (Å²) in [5.41, 5.74) is 3.46. The summed E-state index contributed by atoms with van der Waals surface area (Å²) in [7, 11) is 0. The Balaban J connectivity index is 1.55. The van der Waals surface area contributed by atoms with E-state index in [2.05, 4.69) is 10.00 Å². The molecule has 0 atom stereocenters. The highest BCUT2D eigenvalue weighted by Gasteiger charge is 2.20. The van der Waals surface area contributed by atoms with Gasteiger partial charge < -0.3 is 19.7 Å². The van der Waals surface area contributed by atoms with E-state index in [9.17, 15) is 15.0 Å². The number of aromatic nitrogens is 2. The molecule has 2 N–H and O–H groups in total. The molecule has 162 valence electrons. The number of aliphatic hydroxyl groups excluding tert-OH is 1. The zero-order chi connectivity index (χ0) is 21.6. The van der Waals surface area contributed by atoms with Crippen LogP contribution in [-0.2, 0) is 11.3 Å². The molecule has 31 heavy (non-hydrogen) atoms. The molecule has 0 saturated carbocycles. The fourth-order valence-corrected chi connectivity index (χ4v) is 3.62. The molecule has 1 aliphatic heterocycles. The van der Waals surface area contributed by atoms with Gasteiger partial charge in [0.2, 0.25) is 5.88 Å². The van der Waals surface area contributed by atoms with Gasteiger partial charge >= 0.3 is 5.97 Å². The molecule has 0 spiro atoms. The fraction of sp³-hybridized carbons (Fsp3) is 0.304. The van der Waals surface area contributed by atoms with Crippen molar-refractivity contribution in [1.29, 1.82) is 0 Å². The van der Waals surface area contributed by atoms with Crippen LogP contribution in [0.25, 0.3) is 16.8 Å². The maximum Gasteiger partial charge on any atom is 0.342 e. The number of carboxylic acids is 1. The minimum Gasteiger partial charge on any atom is -0.477 e. The lowest BCUT2D eigenvalue weighted by Gasteiger charge is -2.26. The Kier molecular flexibility index (Phi) is 6.61. The molecule has 3 aromatic rings. The second-order valence-electron chi connectivity index (χ2n) is 7.24. The second kappa shape index (κ2) is 9.74. The van der Waals surface area contributed by atoms with Gasteiger partial charge in [0, 0.05) is 19.6 Å². The number of nitrogens with zero attached hydrogens (tertiary/aromatic N) is 3. The number of rotatable bonds is 8. The summed E-state index contributed by atoms with van der Waals surface area (Å²) in [4.78, 5) is 13.9. The zero-order valence-corrected chi connectivity index (χ0v) is 17.1. The van der Waals surface area contributed by atoms with Gasteiger partial charge in [0.15, 0.2) is 0 Å². The minimum atomic E-state index is -1.08. The van der Waals surface area contributed by atoms with Crippen molar-refractivity contribution in [2.24, 2.45) is 0 Å². The normalized spacial score (nSPS) is 14.5. The predicted molar refractivity (Wildman–Crippen MR) is 115 cm³/mol. The van der Waals surface area contributed by atoms with E-state index < -0.39 is 5.97 Å². The van der Waals surface area contributed by atoms with Crippen molar-refractivity contribution in [1.82, 2.24) is 14.7 Å². The summed E-state index contributed by atoms with van der Waals surface area (Å²) in [6.07, 6.45) is 1.31. The van der Waals surface area contributed by atoms with Crippen LogP contribution >= 0.6 is 0 Å². The van der Waals surface area contributed by atoms with Crippen LogP contribution in [0.2, 0.25) is 0 Å². The molecule has 8 nitrogen and oxygen atoms in total. The van der Waals surface area contributed by atoms with Crippen molar-refractivity contribution in [3.63, 3.8) is 0 Å². The van der Waals surface area contributed by atoms with E-state index in [-0.39, 0.29) is 18.1 Å². The van der Waals surface area contributed by atoms with Gasteiger partial charge in [-0.3, -0.25) is 4.90 Å². The van der Waals surface area contributed by atoms with Gasteiger partial charge in [0.05, 0.1) is 31.7 Å². The number of aliphatic hydroxyl groups is 1. The number of aromatic carboxylic acids is 1. The van der Waals surface area contributed by atoms with Crippen LogP contribution in [0.5, 0.6) is 5.88 Å². The fourth-order valence-electron chi connectivity index (χ4n) is 3.62. The quantitative estimate of drug-likeness (QED) is 0.574. The first-order valence-electron chi connectivity index (χ1n) is 10.2. The number of benzene rings is 2. The maximum atomic E-state index is 11.7. The average molecular weight is 423 g/mol. The van der Waals surface area contributed by atoms with Crippen molar-refractivity contribution >= 4 is 5.97 Å². The standard InChI is InChI=1S/C23H25N3O5/c27-16-18-3-1-2-4-20(18)17-5-7-19(8-6-17)26-22(21(15-24-26)23(28)29)31-14-11-25-9-12-30-13-10-25/h1-8,15,27H,9-14,16H2,(H,28,29). The van der Waals surface area contributed by atoms with Gasteiger partial charge in [-0.25, -0.2) is 9.48 Å². The summed E-state index contributed by atoms with van der Waals surface area (Å²) < 4.78 is 12.7.